The van der Waals surface area contributed by atoms with E-state index in [-0.39, 0.29) is 10.9 Å². The van der Waals surface area contributed by atoms with Crippen molar-refractivity contribution in [3.8, 4) is 0 Å². The van der Waals surface area contributed by atoms with Crippen LogP contribution in [0.3, 0.4) is 0 Å². The van der Waals surface area contributed by atoms with Crippen LogP contribution in [0, 0.1) is 0 Å². The molecule has 1 unspecified atom stereocenters. The van der Waals surface area contributed by atoms with Gasteiger partial charge in [0.2, 0.25) is 10.0 Å². The van der Waals surface area contributed by atoms with Crippen LogP contribution in [0.1, 0.15) is 17.8 Å². The van der Waals surface area contributed by atoms with Gasteiger partial charge in [-0.1, -0.05) is 23.7 Å². The molecule has 2 rings (SSSR count). The van der Waals surface area contributed by atoms with Crippen LogP contribution in [-0.4, -0.2) is 15.5 Å². The first kappa shape index (κ1) is 15.3. The van der Waals surface area contributed by atoms with Crippen LogP contribution < -0.4 is 10.0 Å². The Bertz CT molecular complexity index is 698. The number of anilines is 1. The molecule has 0 aliphatic rings. The first-order valence-corrected chi connectivity index (χ1v) is 8.66. The van der Waals surface area contributed by atoms with Crippen molar-refractivity contribution in [2.75, 3.05) is 12.4 Å². The molecule has 1 aromatic carbocycles. The molecular weight excluding hydrogens is 316 g/mol. The van der Waals surface area contributed by atoms with Crippen molar-refractivity contribution in [2.45, 2.75) is 17.9 Å². The van der Waals surface area contributed by atoms with Gasteiger partial charge in [-0.15, -0.1) is 11.3 Å². The zero-order chi connectivity index (χ0) is 14.8. The highest BCUT2D eigenvalue weighted by molar-refractivity contribution is 7.89. The van der Waals surface area contributed by atoms with Crippen molar-refractivity contribution >= 4 is 38.6 Å². The molecule has 0 amide bonds. The summed E-state index contributed by atoms with van der Waals surface area (Å²) in [6, 6.07) is 10.5. The Labute approximate surface area is 127 Å². The molecule has 1 atom stereocenters. The highest BCUT2D eigenvalue weighted by Gasteiger charge is 2.18. The SMILES string of the molecule is CNS(=O)(=O)c1ccccc1NC(C)c1ccc(Cl)s1. The number of hydrogen-bond donors (Lipinski definition) is 2. The zero-order valence-electron chi connectivity index (χ0n) is 11.1. The average Bonchev–Trinajstić information content (AvgIpc) is 2.86. The van der Waals surface area contributed by atoms with Gasteiger partial charge in [0.1, 0.15) is 4.90 Å². The fourth-order valence-electron chi connectivity index (χ4n) is 1.80. The van der Waals surface area contributed by atoms with E-state index >= 15 is 0 Å². The van der Waals surface area contributed by atoms with Crippen molar-refractivity contribution in [1.82, 2.24) is 4.72 Å². The van der Waals surface area contributed by atoms with Crippen molar-refractivity contribution in [3.05, 3.63) is 45.6 Å². The van der Waals surface area contributed by atoms with E-state index in [0.717, 1.165) is 4.88 Å². The molecule has 4 nitrogen and oxygen atoms in total. The lowest BCUT2D eigenvalue weighted by atomic mass is 10.2. The third-order valence-electron chi connectivity index (χ3n) is 2.84. The molecule has 0 aliphatic carbocycles. The molecule has 0 fully saturated rings. The minimum atomic E-state index is -3.49. The van der Waals surface area contributed by atoms with Gasteiger partial charge in [0.25, 0.3) is 0 Å². The topological polar surface area (TPSA) is 58.2 Å². The smallest absolute Gasteiger partial charge is 0.242 e. The molecule has 1 heterocycles. The van der Waals surface area contributed by atoms with Crippen LogP contribution in [-0.2, 0) is 10.0 Å². The van der Waals surface area contributed by atoms with E-state index in [4.69, 9.17) is 11.6 Å². The highest BCUT2D eigenvalue weighted by Crippen LogP contribution is 2.30. The Morgan fingerprint density at radius 2 is 1.90 bits per heavy atom. The normalized spacial score (nSPS) is 13.2. The Kier molecular flexibility index (Phi) is 4.70. The molecule has 1 aromatic heterocycles. The number of benzene rings is 1. The summed E-state index contributed by atoms with van der Waals surface area (Å²) in [4.78, 5) is 1.28. The Balaban J connectivity index is 2.30. The largest absolute Gasteiger partial charge is 0.377 e. The van der Waals surface area contributed by atoms with E-state index in [1.54, 1.807) is 24.3 Å². The number of halogens is 1. The van der Waals surface area contributed by atoms with Crippen molar-refractivity contribution in [2.24, 2.45) is 0 Å². The highest BCUT2D eigenvalue weighted by atomic mass is 35.5. The molecule has 0 bridgehead atoms. The predicted molar refractivity (Wildman–Crippen MR) is 84.1 cm³/mol. The Morgan fingerprint density at radius 1 is 1.20 bits per heavy atom. The van der Waals surface area contributed by atoms with Crippen molar-refractivity contribution < 1.29 is 8.42 Å². The van der Waals surface area contributed by atoms with Gasteiger partial charge in [0, 0.05) is 4.88 Å². The van der Waals surface area contributed by atoms with Crippen LogP contribution in [0.2, 0.25) is 4.34 Å². The van der Waals surface area contributed by atoms with Crippen LogP contribution >= 0.6 is 22.9 Å². The molecular formula is C13H15ClN2O2S2. The predicted octanol–water partition coefficient (Wildman–Crippen LogP) is 3.48. The van der Waals surface area contributed by atoms with E-state index in [1.807, 2.05) is 19.1 Å². The second-order valence-corrected chi connectivity index (χ2v) is 7.81. The van der Waals surface area contributed by atoms with E-state index in [2.05, 4.69) is 10.0 Å². The minimum Gasteiger partial charge on any atom is -0.377 e. The standard InChI is InChI=1S/C13H15ClN2O2S2/c1-9(11-7-8-13(14)19-11)16-10-5-3-4-6-12(10)20(17,18)15-2/h3-9,15-16H,1-2H3. The quantitative estimate of drug-likeness (QED) is 0.882. The maximum atomic E-state index is 12.0. The third-order valence-corrected chi connectivity index (χ3v) is 5.72. The zero-order valence-corrected chi connectivity index (χ0v) is 13.4. The summed E-state index contributed by atoms with van der Waals surface area (Å²) in [6.07, 6.45) is 0. The lowest BCUT2D eigenvalue weighted by Crippen LogP contribution is -2.20. The van der Waals surface area contributed by atoms with E-state index < -0.39 is 10.0 Å². The Morgan fingerprint density at radius 3 is 2.50 bits per heavy atom. The summed E-state index contributed by atoms with van der Waals surface area (Å²) < 4.78 is 27.0. The first-order valence-electron chi connectivity index (χ1n) is 5.98. The molecule has 7 heteroatoms. The van der Waals surface area contributed by atoms with Gasteiger partial charge >= 0.3 is 0 Å². The summed E-state index contributed by atoms with van der Waals surface area (Å²) in [5.41, 5.74) is 0.568. The lowest BCUT2D eigenvalue weighted by Gasteiger charge is -2.16. The molecule has 0 radical (unpaired) electrons. The number of rotatable bonds is 5. The molecule has 20 heavy (non-hydrogen) atoms. The van der Waals surface area contributed by atoms with E-state index in [1.165, 1.54) is 18.4 Å². The molecule has 2 N–H and O–H groups in total. The Hall–Kier alpha value is -1.08. The van der Waals surface area contributed by atoms with E-state index in [0.29, 0.717) is 10.0 Å². The fourth-order valence-corrected chi connectivity index (χ4v) is 3.75. The number of hydrogen-bond acceptors (Lipinski definition) is 4. The molecule has 0 saturated carbocycles. The molecule has 0 spiro atoms. The second kappa shape index (κ2) is 6.13. The molecule has 0 aliphatic heterocycles. The van der Waals surface area contributed by atoms with Crippen LogP contribution in [0.5, 0.6) is 0 Å². The van der Waals surface area contributed by atoms with Gasteiger partial charge in [-0.2, -0.15) is 0 Å². The number of thiophene rings is 1. The van der Waals surface area contributed by atoms with Gasteiger partial charge in [0.05, 0.1) is 16.1 Å². The summed E-state index contributed by atoms with van der Waals surface area (Å²) in [7, 11) is -2.09. The van der Waals surface area contributed by atoms with Gasteiger partial charge in [-0.25, -0.2) is 13.1 Å². The van der Waals surface area contributed by atoms with Crippen LogP contribution in [0.4, 0.5) is 5.69 Å². The summed E-state index contributed by atoms with van der Waals surface area (Å²) in [5.74, 6) is 0. The van der Waals surface area contributed by atoms with Crippen LogP contribution in [0.25, 0.3) is 0 Å². The van der Waals surface area contributed by atoms with Crippen molar-refractivity contribution in [3.63, 3.8) is 0 Å². The number of sulfonamides is 1. The first-order chi connectivity index (χ1) is 9.44. The number of para-hydroxylation sites is 1. The maximum absolute atomic E-state index is 12.0. The van der Waals surface area contributed by atoms with Gasteiger partial charge in [-0.05, 0) is 38.2 Å². The lowest BCUT2D eigenvalue weighted by molar-refractivity contribution is 0.588. The average molecular weight is 331 g/mol. The van der Waals surface area contributed by atoms with Gasteiger partial charge < -0.3 is 5.32 Å². The monoisotopic (exact) mass is 330 g/mol. The summed E-state index contributed by atoms with van der Waals surface area (Å²) >= 11 is 7.39. The maximum Gasteiger partial charge on any atom is 0.242 e. The van der Waals surface area contributed by atoms with Crippen LogP contribution in [0.15, 0.2) is 41.3 Å². The third kappa shape index (κ3) is 3.32. The fraction of sp³-hybridized carbons (Fsp3) is 0.231. The van der Waals surface area contributed by atoms with E-state index in [9.17, 15) is 8.42 Å². The molecule has 2 aromatic rings. The van der Waals surface area contributed by atoms with Crippen molar-refractivity contribution in [1.29, 1.82) is 0 Å². The minimum absolute atomic E-state index is 0.0271. The summed E-state index contributed by atoms with van der Waals surface area (Å²) in [5, 5.41) is 3.21. The molecule has 108 valence electrons. The summed E-state index contributed by atoms with van der Waals surface area (Å²) in [6.45, 7) is 1.96. The van der Waals surface area contributed by atoms with Gasteiger partial charge in [-0.3, -0.25) is 0 Å². The van der Waals surface area contributed by atoms with Gasteiger partial charge in [0.15, 0.2) is 0 Å². The number of nitrogens with one attached hydrogen (secondary N) is 2. The second-order valence-electron chi connectivity index (χ2n) is 4.21. The molecule has 0 saturated heterocycles.